The lowest BCUT2D eigenvalue weighted by atomic mass is 10.00. The second-order valence-electron chi connectivity index (χ2n) is 5.44. The molecule has 1 heterocycles. The predicted octanol–water partition coefficient (Wildman–Crippen LogP) is 1.94. The lowest BCUT2D eigenvalue weighted by molar-refractivity contribution is 0.102. The Balaban J connectivity index is 1.82. The van der Waals surface area contributed by atoms with Crippen molar-refractivity contribution in [1.82, 2.24) is 4.90 Å². The van der Waals surface area contributed by atoms with E-state index in [9.17, 15) is 0 Å². The largest absolute Gasteiger partial charge is 0.492 e. The van der Waals surface area contributed by atoms with Gasteiger partial charge in [-0.3, -0.25) is 4.90 Å². The number of rotatable bonds is 7. The van der Waals surface area contributed by atoms with Crippen molar-refractivity contribution >= 4 is 17.2 Å². The molecule has 0 aromatic heterocycles. The second kappa shape index (κ2) is 8.32. The van der Waals surface area contributed by atoms with Crippen LogP contribution in [0.4, 0.5) is 0 Å². The molecule has 2 rings (SSSR count). The van der Waals surface area contributed by atoms with Crippen LogP contribution in [-0.2, 0) is 0 Å². The monoisotopic (exact) mass is 308 g/mol. The van der Waals surface area contributed by atoms with Gasteiger partial charge in [-0.15, -0.1) is 0 Å². The van der Waals surface area contributed by atoms with Crippen molar-refractivity contribution in [2.24, 2.45) is 5.73 Å². The van der Waals surface area contributed by atoms with E-state index in [1.807, 2.05) is 24.3 Å². The Bertz CT molecular complexity index is 465. The number of benzene rings is 1. The molecule has 1 saturated heterocycles. The van der Waals surface area contributed by atoms with E-state index in [-0.39, 0.29) is 6.61 Å². The first-order chi connectivity index (χ1) is 10.2. The van der Waals surface area contributed by atoms with Gasteiger partial charge >= 0.3 is 0 Å². The third kappa shape index (κ3) is 4.95. The standard InChI is InChI=1S/C16H24N2O2S/c17-16(21)13-4-3-6-15(12-13)20-11-9-18-8-2-1-5-14(18)7-10-19/h3-4,6,12,14,19H,1-2,5,7-11H2,(H2,17,21). The van der Waals surface area contributed by atoms with Crippen molar-refractivity contribution in [2.75, 3.05) is 26.3 Å². The highest BCUT2D eigenvalue weighted by atomic mass is 32.1. The summed E-state index contributed by atoms with van der Waals surface area (Å²) < 4.78 is 5.81. The molecule has 1 unspecified atom stereocenters. The van der Waals surface area contributed by atoms with Crippen molar-refractivity contribution in [1.29, 1.82) is 0 Å². The Morgan fingerprint density at radius 2 is 2.29 bits per heavy atom. The topological polar surface area (TPSA) is 58.7 Å². The molecule has 0 amide bonds. The van der Waals surface area contributed by atoms with E-state index < -0.39 is 0 Å². The van der Waals surface area contributed by atoms with E-state index in [2.05, 4.69) is 4.90 Å². The van der Waals surface area contributed by atoms with Crippen molar-refractivity contribution in [3.63, 3.8) is 0 Å². The van der Waals surface area contributed by atoms with E-state index in [4.69, 9.17) is 27.8 Å². The Kier molecular flexibility index (Phi) is 6.42. The van der Waals surface area contributed by atoms with Gasteiger partial charge in [-0.2, -0.15) is 0 Å². The average Bonchev–Trinajstić information content (AvgIpc) is 2.49. The smallest absolute Gasteiger partial charge is 0.120 e. The summed E-state index contributed by atoms with van der Waals surface area (Å²) in [4.78, 5) is 2.82. The van der Waals surface area contributed by atoms with Gasteiger partial charge < -0.3 is 15.6 Å². The van der Waals surface area contributed by atoms with E-state index >= 15 is 0 Å². The first kappa shape index (κ1) is 16.2. The molecule has 3 N–H and O–H groups in total. The van der Waals surface area contributed by atoms with E-state index in [0.717, 1.165) is 30.8 Å². The maximum absolute atomic E-state index is 9.14. The normalized spacial score (nSPS) is 19.4. The molecule has 1 aliphatic heterocycles. The number of likely N-dealkylation sites (tertiary alicyclic amines) is 1. The molecule has 1 aromatic rings. The molecule has 1 atom stereocenters. The highest BCUT2D eigenvalue weighted by Gasteiger charge is 2.21. The van der Waals surface area contributed by atoms with Gasteiger partial charge in [0.25, 0.3) is 0 Å². The number of aliphatic hydroxyl groups excluding tert-OH is 1. The molecule has 0 spiro atoms. The molecular weight excluding hydrogens is 284 g/mol. The lowest BCUT2D eigenvalue weighted by Crippen LogP contribution is -2.42. The average molecular weight is 308 g/mol. The third-order valence-electron chi connectivity index (χ3n) is 3.98. The molecule has 1 aliphatic rings. The molecule has 0 saturated carbocycles. The predicted molar refractivity (Wildman–Crippen MR) is 88.7 cm³/mol. The van der Waals surface area contributed by atoms with Gasteiger partial charge in [0, 0.05) is 24.8 Å². The Labute approximate surface area is 131 Å². The van der Waals surface area contributed by atoms with Crippen molar-refractivity contribution in [3.05, 3.63) is 29.8 Å². The first-order valence-electron chi connectivity index (χ1n) is 7.58. The van der Waals surface area contributed by atoms with Crippen LogP contribution < -0.4 is 10.5 Å². The summed E-state index contributed by atoms with van der Waals surface area (Å²) in [6, 6.07) is 8.08. The number of hydrogen-bond donors (Lipinski definition) is 2. The zero-order chi connectivity index (χ0) is 15.1. The molecule has 0 radical (unpaired) electrons. The van der Waals surface area contributed by atoms with Crippen LogP contribution in [0.1, 0.15) is 31.2 Å². The summed E-state index contributed by atoms with van der Waals surface area (Å²) in [5, 5.41) is 9.14. The highest BCUT2D eigenvalue weighted by molar-refractivity contribution is 7.80. The molecule has 4 nitrogen and oxygen atoms in total. The van der Waals surface area contributed by atoms with Crippen LogP contribution in [-0.4, -0.2) is 47.3 Å². The van der Waals surface area contributed by atoms with Gasteiger partial charge in [0.1, 0.15) is 17.3 Å². The van der Waals surface area contributed by atoms with Gasteiger partial charge in [0.15, 0.2) is 0 Å². The van der Waals surface area contributed by atoms with Crippen molar-refractivity contribution in [3.8, 4) is 5.75 Å². The van der Waals surface area contributed by atoms with Crippen molar-refractivity contribution < 1.29 is 9.84 Å². The molecular formula is C16H24N2O2S. The minimum Gasteiger partial charge on any atom is -0.492 e. The number of piperidine rings is 1. The van der Waals surface area contributed by atoms with Crippen LogP contribution >= 0.6 is 12.2 Å². The maximum atomic E-state index is 9.14. The number of nitrogens with zero attached hydrogens (tertiary/aromatic N) is 1. The second-order valence-corrected chi connectivity index (χ2v) is 5.88. The number of aliphatic hydroxyl groups is 1. The number of nitrogens with two attached hydrogens (primary N) is 1. The number of hydrogen-bond acceptors (Lipinski definition) is 4. The molecule has 0 bridgehead atoms. The molecule has 116 valence electrons. The summed E-state index contributed by atoms with van der Waals surface area (Å²) in [5.74, 6) is 0.802. The fourth-order valence-electron chi connectivity index (χ4n) is 2.85. The van der Waals surface area contributed by atoms with Crippen LogP contribution in [0, 0.1) is 0 Å². The van der Waals surface area contributed by atoms with Gasteiger partial charge in [-0.05, 0) is 37.9 Å². The SMILES string of the molecule is NC(=S)c1cccc(OCCN2CCCCC2CCO)c1. The van der Waals surface area contributed by atoms with Crippen LogP contribution in [0.15, 0.2) is 24.3 Å². The first-order valence-corrected chi connectivity index (χ1v) is 7.99. The van der Waals surface area contributed by atoms with Gasteiger partial charge in [-0.25, -0.2) is 0 Å². The van der Waals surface area contributed by atoms with Gasteiger partial charge in [0.05, 0.1) is 0 Å². The number of ether oxygens (including phenoxy) is 1. The molecule has 1 fully saturated rings. The molecule has 1 aromatic carbocycles. The zero-order valence-electron chi connectivity index (χ0n) is 12.3. The minimum atomic E-state index is 0.262. The Morgan fingerprint density at radius 3 is 3.05 bits per heavy atom. The Hall–Kier alpha value is -1.17. The third-order valence-corrected chi connectivity index (χ3v) is 4.21. The fraction of sp³-hybridized carbons (Fsp3) is 0.562. The molecule has 0 aliphatic carbocycles. The van der Waals surface area contributed by atoms with Crippen LogP contribution in [0.25, 0.3) is 0 Å². The molecule has 21 heavy (non-hydrogen) atoms. The van der Waals surface area contributed by atoms with Crippen LogP contribution in [0.3, 0.4) is 0 Å². The number of thiocarbonyl (C=S) groups is 1. The van der Waals surface area contributed by atoms with E-state index in [1.165, 1.54) is 19.3 Å². The van der Waals surface area contributed by atoms with Crippen LogP contribution in [0.5, 0.6) is 5.75 Å². The lowest BCUT2D eigenvalue weighted by Gasteiger charge is -2.35. The molecule has 5 heteroatoms. The summed E-state index contributed by atoms with van der Waals surface area (Å²) in [6.45, 7) is 2.89. The summed E-state index contributed by atoms with van der Waals surface area (Å²) >= 11 is 4.97. The fourth-order valence-corrected chi connectivity index (χ4v) is 2.98. The quantitative estimate of drug-likeness (QED) is 0.754. The van der Waals surface area contributed by atoms with Gasteiger partial charge in [-0.1, -0.05) is 30.8 Å². The van der Waals surface area contributed by atoms with E-state index in [0.29, 0.717) is 17.6 Å². The summed E-state index contributed by atoms with van der Waals surface area (Å²) in [6.07, 6.45) is 4.53. The summed E-state index contributed by atoms with van der Waals surface area (Å²) in [5.41, 5.74) is 6.46. The van der Waals surface area contributed by atoms with E-state index in [1.54, 1.807) is 0 Å². The zero-order valence-corrected chi connectivity index (χ0v) is 13.1. The van der Waals surface area contributed by atoms with Crippen molar-refractivity contribution in [2.45, 2.75) is 31.7 Å². The highest BCUT2D eigenvalue weighted by Crippen LogP contribution is 2.19. The maximum Gasteiger partial charge on any atom is 0.120 e. The minimum absolute atomic E-state index is 0.262. The summed E-state index contributed by atoms with van der Waals surface area (Å²) in [7, 11) is 0. The van der Waals surface area contributed by atoms with Gasteiger partial charge in [0.2, 0.25) is 0 Å². The van der Waals surface area contributed by atoms with Crippen LogP contribution in [0.2, 0.25) is 0 Å². The Morgan fingerprint density at radius 1 is 1.43 bits per heavy atom.